The van der Waals surface area contributed by atoms with E-state index in [-0.39, 0.29) is 17.6 Å². The van der Waals surface area contributed by atoms with Gasteiger partial charge in [0.15, 0.2) is 0 Å². The van der Waals surface area contributed by atoms with Crippen LogP contribution in [-0.2, 0) is 14.3 Å². The lowest BCUT2D eigenvalue weighted by Gasteiger charge is -2.18. The molecule has 8 nitrogen and oxygen atoms in total. The van der Waals surface area contributed by atoms with Gasteiger partial charge in [-0.1, -0.05) is 36.4 Å². The molecule has 0 aliphatic heterocycles. The zero-order chi connectivity index (χ0) is 21.1. The van der Waals surface area contributed by atoms with Gasteiger partial charge in [0.25, 0.3) is 0 Å². The smallest absolute Gasteiger partial charge is 0.339 e. The van der Waals surface area contributed by atoms with Crippen LogP contribution in [0, 0.1) is 10.1 Å². The molecule has 0 unspecified atom stereocenters. The Morgan fingerprint density at radius 1 is 1.10 bits per heavy atom. The number of carbonyl (C=O) groups excluding carboxylic acids is 2. The minimum absolute atomic E-state index is 0.00454. The lowest BCUT2D eigenvalue weighted by Crippen LogP contribution is -2.29. The number of Topliss-reactive ketones (excluding diaryl/α,β-unsaturated/α-hetero) is 1. The molecule has 1 atom stereocenters. The number of hydrogen-bond donors (Lipinski definition) is 0. The first-order valence-electron chi connectivity index (χ1n) is 8.93. The van der Waals surface area contributed by atoms with Gasteiger partial charge in [0.05, 0.1) is 22.6 Å². The normalized spacial score (nSPS) is 11.8. The summed E-state index contributed by atoms with van der Waals surface area (Å²) in [5.74, 6) is -3.14. The highest BCUT2D eigenvalue weighted by Crippen LogP contribution is 2.34. The lowest BCUT2D eigenvalue weighted by molar-refractivity contribution is -0.387. The highest BCUT2D eigenvalue weighted by molar-refractivity contribution is 6.08. The van der Waals surface area contributed by atoms with Gasteiger partial charge in [-0.3, -0.25) is 29.1 Å². The number of para-hydroxylation sites is 2. The minimum Gasteiger partial charge on any atom is -0.465 e. The third-order valence-corrected chi connectivity index (χ3v) is 4.51. The van der Waals surface area contributed by atoms with Crippen molar-refractivity contribution in [1.29, 1.82) is 0 Å². The Labute approximate surface area is 165 Å². The quantitative estimate of drug-likeness (QED) is 0.275. The van der Waals surface area contributed by atoms with E-state index in [0.717, 1.165) is 6.92 Å². The van der Waals surface area contributed by atoms with E-state index in [1.165, 1.54) is 4.57 Å². The zero-order valence-electron chi connectivity index (χ0n) is 15.8. The second-order valence-corrected chi connectivity index (χ2v) is 6.31. The van der Waals surface area contributed by atoms with Crippen LogP contribution in [0.15, 0.2) is 59.4 Å². The van der Waals surface area contributed by atoms with Crippen LogP contribution in [0.2, 0.25) is 0 Å². The molecule has 0 saturated heterocycles. The number of hydrogen-bond acceptors (Lipinski definition) is 6. The van der Waals surface area contributed by atoms with E-state index in [4.69, 9.17) is 4.74 Å². The van der Waals surface area contributed by atoms with Crippen LogP contribution < -0.4 is 5.56 Å². The van der Waals surface area contributed by atoms with Crippen LogP contribution >= 0.6 is 0 Å². The Hall–Kier alpha value is -3.81. The molecule has 29 heavy (non-hydrogen) atoms. The lowest BCUT2D eigenvalue weighted by atomic mass is 9.90. The number of aromatic nitrogens is 1. The van der Waals surface area contributed by atoms with E-state index in [2.05, 4.69) is 0 Å². The number of nitrogens with zero attached hydrogens (tertiary/aromatic N) is 2. The third-order valence-electron chi connectivity index (χ3n) is 4.51. The van der Waals surface area contributed by atoms with Gasteiger partial charge in [0.2, 0.25) is 0 Å². The number of rotatable bonds is 6. The maximum absolute atomic E-state index is 13.2. The highest BCUT2D eigenvalue weighted by Gasteiger charge is 2.38. The molecule has 2 aromatic carbocycles. The first kappa shape index (κ1) is 19.9. The molecular formula is C21H18N2O6. The zero-order valence-corrected chi connectivity index (χ0v) is 15.8. The predicted octanol–water partition coefficient (Wildman–Crippen LogP) is 3.13. The summed E-state index contributed by atoms with van der Waals surface area (Å²) in [6, 6.07) is 14.9. The Morgan fingerprint density at radius 3 is 2.31 bits per heavy atom. The van der Waals surface area contributed by atoms with Crippen molar-refractivity contribution >= 4 is 28.3 Å². The van der Waals surface area contributed by atoms with Crippen molar-refractivity contribution in [1.82, 2.24) is 4.57 Å². The highest BCUT2D eigenvalue weighted by atomic mass is 16.6. The summed E-state index contributed by atoms with van der Waals surface area (Å²) in [7, 11) is 0. The fraction of sp³-hybridized carbons (Fsp3) is 0.190. The molecule has 1 aromatic heterocycles. The van der Waals surface area contributed by atoms with Gasteiger partial charge in [-0.15, -0.1) is 0 Å². The molecule has 3 aromatic rings. The summed E-state index contributed by atoms with van der Waals surface area (Å²) < 4.78 is 6.17. The van der Waals surface area contributed by atoms with Gasteiger partial charge in [0, 0.05) is 11.1 Å². The largest absolute Gasteiger partial charge is 0.465 e. The van der Waals surface area contributed by atoms with E-state index < -0.39 is 33.8 Å². The second-order valence-electron chi connectivity index (χ2n) is 6.31. The molecule has 1 heterocycles. The van der Waals surface area contributed by atoms with Crippen LogP contribution in [0.4, 0.5) is 5.69 Å². The molecule has 0 N–H and O–H groups in total. The van der Waals surface area contributed by atoms with Crippen molar-refractivity contribution < 1.29 is 19.2 Å². The molecule has 3 rings (SSSR count). The monoisotopic (exact) mass is 394 g/mol. The van der Waals surface area contributed by atoms with Crippen LogP contribution in [0.5, 0.6) is 0 Å². The maximum atomic E-state index is 13.2. The van der Waals surface area contributed by atoms with Crippen LogP contribution in [0.3, 0.4) is 0 Å². The van der Waals surface area contributed by atoms with Crippen molar-refractivity contribution in [2.75, 3.05) is 6.61 Å². The van der Waals surface area contributed by atoms with Gasteiger partial charge < -0.3 is 4.74 Å². The fourth-order valence-corrected chi connectivity index (χ4v) is 3.37. The van der Waals surface area contributed by atoms with Gasteiger partial charge in [-0.2, -0.15) is 0 Å². The van der Waals surface area contributed by atoms with Gasteiger partial charge in [-0.05, 0) is 32.0 Å². The standard InChI is InChI=1S/C21H18N2O6/c1-3-29-21(26)17(13(2)24)18-15-11-7-8-12-16(15)22(14-9-5-4-6-10-14)20(25)19(18)23(27)28/h4-12,17H,3H2,1-2H3/t17-/m0/s1. The number of carbonyl (C=O) groups is 2. The predicted molar refractivity (Wildman–Crippen MR) is 106 cm³/mol. The minimum atomic E-state index is -1.57. The Morgan fingerprint density at radius 2 is 1.72 bits per heavy atom. The number of benzene rings is 2. The molecule has 148 valence electrons. The van der Waals surface area contributed by atoms with Crippen LogP contribution in [0.1, 0.15) is 25.3 Å². The SMILES string of the molecule is CCOC(=O)[C@@H](C(C)=O)c1c([N+](=O)[O-])c(=O)n(-c2ccccc2)c2ccccc12. The van der Waals surface area contributed by atoms with Gasteiger partial charge in [0.1, 0.15) is 11.7 Å². The van der Waals surface area contributed by atoms with Crippen molar-refractivity contribution in [2.45, 2.75) is 19.8 Å². The molecule has 0 spiro atoms. The number of ketones is 1. The Balaban J connectivity index is 2.51. The number of esters is 1. The number of nitro groups is 1. The molecule has 0 saturated carbocycles. The second kappa shape index (κ2) is 8.05. The molecular weight excluding hydrogens is 376 g/mol. The van der Waals surface area contributed by atoms with Crippen molar-refractivity contribution in [3.63, 3.8) is 0 Å². The molecule has 0 bridgehead atoms. The average Bonchev–Trinajstić information content (AvgIpc) is 2.68. The van der Waals surface area contributed by atoms with Crippen molar-refractivity contribution in [2.24, 2.45) is 0 Å². The van der Waals surface area contributed by atoms with E-state index in [1.54, 1.807) is 61.5 Å². The summed E-state index contributed by atoms with van der Waals surface area (Å²) >= 11 is 0. The molecule has 0 aliphatic rings. The topological polar surface area (TPSA) is 109 Å². The summed E-state index contributed by atoms with van der Waals surface area (Å²) in [6.07, 6.45) is 0. The summed E-state index contributed by atoms with van der Waals surface area (Å²) in [5.41, 5.74) is -1.21. The van der Waals surface area contributed by atoms with E-state index in [0.29, 0.717) is 11.2 Å². The van der Waals surface area contributed by atoms with Crippen molar-refractivity contribution in [3.8, 4) is 5.69 Å². The van der Waals surface area contributed by atoms with Gasteiger partial charge in [-0.25, -0.2) is 0 Å². The Kier molecular flexibility index (Phi) is 5.54. The van der Waals surface area contributed by atoms with Crippen LogP contribution in [0.25, 0.3) is 16.6 Å². The summed E-state index contributed by atoms with van der Waals surface area (Å²) in [4.78, 5) is 49.1. The third kappa shape index (κ3) is 3.52. The number of fused-ring (bicyclic) bond motifs is 1. The first-order chi connectivity index (χ1) is 13.9. The summed E-state index contributed by atoms with van der Waals surface area (Å²) in [6.45, 7) is 2.70. The fourth-order valence-electron chi connectivity index (χ4n) is 3.37. The molecule has 0 amide bonds. The summed E-state index contributed by atoms with van der Waals surface area (Å²) in [5, 5.41) is 12.2. The van der Waals surface area contributed by atoms with Gasteiger partial charge >= 0.3 is 17.2 Å². The molecule has 0 radical (unpaired) electrons. The number of ether oxygens (including phenoxy) is 1. The first-order valence-corrected chi connectivity index (χ1v) is 8.93. The van der Waals surface area contributed by atoms with Crippen molar-refractivity contribution in [3.05, 3.63) is 80.6 Å². The Bertz CT molecular complexity index is 1170. The molecule has 0 fully saturated rings. The number of pyridine rings is 1. The molecule has 8 heteroatoms. The van der Waals surface area contributed by atoms with E-state index >= 15 is 0 Å². The average molecular weight is 394 g/mol. The maximum Gasteiger partial charge on any atom is 0.339 e. The molecule has 0 aliphatic carbocycles. The van der Waals surface area contributed by atoms with Crippen LogP contribution in [-0.4, -0.2) is 27.8 Å². The van der Waals surface area contributed by atoms with E-state index in [1.807, 2.05) is 0 Å². The van der Waals surface area contributed by atoms with E-state index in [9.17, 15) is 24.5 Å².